The number of fused-ring (bicyclic) bond motifs is 7. The Kier molecular flexibility index (Phi) is 2.81. The third kappa shape index (κ3) is 1.84. The summed E-state index contributed by atoms with van der Waals surface area (Å²) < 4.78 is 0. The zero-order valence-corrected chi connectivity index (χ0v) is 15.3. The minimum Gasteiger partial charge on any atom is -0.354 e. The first-order valence-corrected chi connectivity index (χ1v) is 9.17. The maximum absolute atomic E-state index is 3.60. The van der Waals surface area contributed by atoms with Gasteiger partial charge in [-0.2, -0.15) is 0 Å². The third-order valence-corrected chi connectivity index (χ3v) is 6.00. The molecule has 1 N–H and O–H groups in total. The second-order valence-electron chi connectivity index (χ2n) is 8.17. The molecular weight excluding hydrogens is 302 g/mol. The van der Waals surface area contributed by atoms with Crippen LogP contribution in [0.25, 0.3) is 32.9 Å². The average molecular weight is 325 g/mol. The summed E-state index contributed by atoms with van der Waals surface area (Å²) in [6.45, 7) is 9.27. The molecule has 1 heterocycles. The molecule has 5 rings (SSSR count). The van der Waals surface area contributed by atoms with E-state index < -0.39 is 0 Å². The molecule has 4 aromatic rings. The molecule has 0 saturated heterocycles. The molecule has 0 amide bonds. The zero-order valence-electron chi connectivity index (χ0n) is 15.3. The maximum Gasteiger partial charge on any atom is 0.0471 e. The highest BCUT2D eigenvalue weighted by Gasteiger charge is 2.37. The van der Waals surface area contributed by atoms with Crippen molar-refractivity contribution in [1.82, 2.24) is 4.98 Å². The molecule has 0 saturated carbocycles. The van der Waals surface area contributed by atoms with Crippen molar-refractivity contribution in [3.05, 3.63) is 71.3 Å². The molecular formula is C24H23N. The van der Waals surface area contributed by atoms with Gasteiger partial charge in [0.25, 0.3) is 0 Å². The van der Waals surface area contributed by atoms with Crippen LogP contribution in [0.15, 0.2) is 54.6 Å². The minimum absolute atomic E-state index is 0.0438. The van der Waals surface area contributed by atoms with E-state index in [1.54, 1.807) is 0 Å². The van der Waals surface area contributed by atoms with E-state index in [9.17, 15) is 0 Å². The van der Waals surface area contributed by atoms with E-state index >= 15 is 0 Å². The molecule has 0 radical (unpaired) electrons. The predicted molar refractivity (Wildman–Crippen MR) is 107 cm³/mol. The maximum atomic E-state index is 3.60. The molecule has 0 atom stereocenters. The number of H-pyrrole nitrogens is 1. The number of nitrogens with one attached hydrogen (secondary N) is 1. The average Bonchev–Trinajstić information content (AvgIpc) is 3.08. The number of hydrogen-bond acceptors (Lipinski definition) is 0. The largest absolute Gasteiger partial charge is 0.354 e. The van der Waals surface area contributed by atoms with Crippen LogP contribution in [0.5, 0.6) is 0 Å². The van der Waals surface area contributed by atoms with Crippen molar-refractivity contribution in [1.29, 1.82) is 0 Å². The zero-order chi connectivity index (χ0) is 17.3. The van der Waals surface area contributed by atoms with Gasteiger partial charge in [-0.05, 0) is 45.9 Å². The topological polar surface area (TPSA) is 15.8 Å². The van der Waals surface area contributed by atoms with Gasteiger partial charge in [-0.3, -0.25) is 0 Å². The van der Waals surface area contributed by atoms with Gasteiger partial charge in [0.2, 0.25) is 0 Å². The molecule has 1 aliphatic rings. The van der Waals surface area contributed by atoms with Crippen molar-refractivity contribution in [2.24, 2.45) is 0 Å². The first-order chi connectivity index (χ1) is 12.0. The van der Waals surface area contributed by atoms with E-state index in [1.807, 2.05) is 0 Å². The second kappa shape index (κ2) is 4.76. The molecule has 0 bridgehead atoms. The highest BCUT2D eigenvalue weighted by molar-refractivity contribution is 6.16. The molecule has 0 fully saturated rings. The molecule has 25 heavy (non-hydrogen) atoms. The molecule has 1 nitrogen and oxygen atoms in total. The number of aromatic nitrogens is 1. The smallest absolute Gasteiger partial charge is 0.0471 e. The van der Waals surface area contributed by atoms with Gasteiger partial charge in [0.1, 0.15) is 0 Å². The standard InChI is InChI=1S/C24H23N/c1-14(2)15-9-10-16-19(13-15)24(3,4)18-11-12-21-23(22(16)18)17-7-5-6-8-20(17)25-21/h5-14,25H,1-4H3. The molecule has 1 heteroatoms. The van der Waals surface area contributed by atoms with Gasteiger partial charge in [-0.1, -0.05) is 70.2 Å². The van der Waals surface area contributed by atoms with Crippen molar-refractivity contribution >= 4 is 21.8 Å². The Morgan fingerprint density at radius 2 is 1.64 bits per heavy atom. The van der Waals surface area contributed by atoms with Gasteiger partial charge in [0.15, 0.2) is 0 Å². The van der Waals surface area contributed by atoms with Crippen molar-refractivity contribution < 1.29 is 0 Å². The van der Waals surface area contributed by atoms with E-state index in [4.69, 9.17) is 0 Å². The number of para-hydroxylation sites is 1. The quantitative estimate of drug-likeness (QED) is 0.398. The molecule has 1 aromatic heterocycles. The fourth-order valence-electron chi connectivity index (χ4n) is 4.54. The first kappa shape index (κ1) is 14.8. The lowest BCUT2D eigenvalue weighted by Crippen LogP contribution is -2.15. The molecule has 124 valence electrons. The van der Waals surface area contributed by atoms with Crippen LogP contribution in [0.3, 0.4) is 0 Å². The van der Waals surface area contributed by atoms with Gasteiger partial charge in [0.05, 0.1) is 0 Å². The van der Waals surface area contributed by atoms with Crippen LogP contribution in [-0.4, -0.2) is 4.98 Å². The Morgan fingerprint density at radius 1 is 0.840 bits per heavy atom. The summed E-state index contributed by atoms with van der Waals surface area (Å²) in [5, 5.41) is 2.70. The van der Waals surface area contributed by atoms with E-state index in [-0.39, 0.29) is 5.41 Å². The Morgan fingerprint density at radius 3 is 2.44 bits per heavy atom. The van der Waals surface area contributed by atoms with Crippen LogP contribution in [0.4, 0.5) is 0 Å². The number of hydrogen-bond donors (Lipinski definition) is 1. The lowest BCUT2D eigenvalue weighted by Gasteiger charge is -2.22. The van der Waals surface area contributed by atoms with Crippen molar-refractivity contribution in [2.75, 3.05) is 0 Å². The lowest BCUT2D eigenvalue weighted by atomic mass is 9.81. The van der Waals surface area contributed by atoms with Crippen molar-refractivity contribution in [3.63, 3.8) is 0 Å². The number of aromatic amines is 1. The van der Waals surface area contributed by atoms with Crippen LogP contribution in [0.1, 0.15) is 50.3 Å². The van der Waals surface area contributed by atoms with Gasteiger partial charge in [0, 0.05) is 27.2 Å². The number of rotatable bonds is 1. The van der Waals surface area contributed by atoms with E-state index in [1.165, 1.54) is 49.6 Å². The Hall–Kier alpha value is -2.54. The SMILES string of the molecule is CC(C)c1ccc2c(c1)C(C)(C)c1ccc3[nH]c4ccccc4c3c1-2. The summed E-state index contributed by atoms with van der Waals surface area (Å²) in [6, 6.07) is 20.3. The van der Waals surface area contributed by atoms with Crippen LogP contribution in [0, 0.1) is 0 Å². The van der Waals surface area contributed by atoms with Crippen LogP contribution in [-0.2, 0) is 5.41 Å². The minimum atomic E-state index is 0.0438. The monoisotopic (exact) mass is 325 g/mol. The predicted octanol–water partition coefficient (Wildman–Crippen LogP) is 6.75. The summed E-state index contributed by atoms with van der Waals surface area (Å²) in [7, 11) is 0. The van der Waals surface area contributed by atoms with Gasteiger partial charge in [-0.15, -0.1) is 0 Å². The van der Waals surface area contributed by atoms with Gasteiger partial charge in [-0.25, -0.2) is 0 Å². The van der Waals surface area contributed by atoms with E-state index in [0.717, 1.165) is 0 Å². The van der Waals surface area contributed by atoms with E-state index in [0.29, 0.717) is 5.92 Å². The Balaban J connectivity index is 1.94. The summed E-state index contributed by atoms with van der Waals surface area (Å²) in [5.74, 6) is 0.554. The Bertz CT molecular complexity index is 1140. The summed E-state index contributed by atoms with van der Waals surface area (Å²) in [6.07, 6.45) is 0. The van der Waals surface area contributed by atoms with Crippen LogP contribution < -0.4 is 0 Å². The fourth-order valence-corrected chi connectivity index (χ4v) is 4.54. The second-order valence-corrected chi connectivity index (χ2v) is 8.17. The molecule has 0 unspecified atom stereocenters. The molecule has 0 spiro atoms. The van der Waals surface area contributed by atoms with Crippen molar-refractivity contribution in [3.8, 4) is 11.1 Å². The highest BCUT2D eigenvalue weighted by Crippen LogP contribution is 2.52. The molecule has 1 aliphatic carbocycles. The van der Waals surface area contributed by atoms with E-state index in [2.05, 4.69) is 87.3 Å². The summed E-state index contributed by atoms with van der Waals surface area (Å²) in [4.78, 5) is 3.60. The highest BCUT2D eigenvalue weighted by atomic mass is 14.7. The van der Waals surface area contributed by atoms with Crippen molar-refractivity contribution in [2.45, 2.75) is 39.0 Å². The van der Waals surface area contributed by atoms with Crippen LogP contribution in [0.2, 0.25) is 0 Å². The summed E-state index contributed by atoms with van der Waals surface area (Å²) in [5.41, 5.74) is 9.65. The molecule has 0 aliphatic heterocycles. The first-order valence-electron chi connectivity index (χ1n) is 9.17. The third-order valence-electron chi connectivity index (χ3n) is 6.00. The normalized spacial score (nSPS) is 15.1. The fraction of sp³-hybridized carbons (Fsp3) is 0.250. The van der Waals surface area contributed by atoms with Crippen LogP contribution >= 0.6 is 0 Å². The number of benzene rings is 3. The molecule has 3 aromatic carbocycles. The van der Waals surface area contributed by atoms with Gasteiger partial charge < -0.3 is 4.98 Å². The van der Waals surface area contributed by atoms with Gasteiger partial charge >= 0.3 is 0 Å². The lowest BCUT2D eigenvalue weighted by molar-refractivity contribution is 0.658. The summed E-state index contributed by atoms with van der Waals surface area (Å²) >= 11 is 0. The Labute approximate surface area is 148 Å².